The molecule has 0 aliphatic heterocycles. The van der Waals surface area contributed by atoms with Gasteiger partial charge in [0.2, 0.25) is 5.62 Å². The molecule has 6 heteroatoms. The zero-order valence-corrected chi connectivity index (χ0v) is 19.8. The summed E-state index contributed by atoms with van der Waals surface area (Å²) in [6.07, 6.45) is 2.52. The van der Waals surface area contributed by atoms with E-state index in [4.69, 9.17) is 14.5 Å². The van der Waals surface area contributed by atoms with Crippen LogP contribution in [0.4, 0.5) is 0 Å². The Morgan fingerprint density at radius 1 is 0.939 bits per heavy atom. The van der Waals surface area contributed by atoms with Gasteiger partial charge >= 0.3 is 0 Å². The summed E-state index contributed by atoms with van der Waals surface area (Å²) >= 11 is 0. The van der Waals surface area contributed by atoms with Gasteiger partial charge in [-0.3, -0.25) is 9.98 Å². The third-order valence-corrected chi connectivity index (χ3v) is 6.13. The molecule has 0 spiro atoms. The van der Waals surface area contributed by atoms with E-state index in [0.717, 1.165) is 23.1 Å². The van der Waals surface area contributed by atoms with Gasteiger partial charge < -0.3 is 14.0 Å². The van der Waals surface area contributed by atoms with Crippen molar-refractivity contribution in [2.75, 3.05) is 20.5 Å². The Hall–Kier alpha value is -3.22. The summed E-state index contributed by atoms with van der Waals surface area (Å²) < 4.78 is 15.0. The first-order valence-corrected chi connectivity index (χ1v) is 11.3. The average Bonchev–Trinajstić information content (AvgIpc) is 3.11. The second-order valence-corrected chi connectivity index (χ2v) is 8.62. The van der Waals surface area contributed by atoms with E-state index in [-0.39, 0.29) is 18.9 Å². The minimum Gasteiger partial charge on any atom is -0.359 e. The number of fused-ring (bicyclic) bond motifs is 1. The first-order chi connectivity index (χ1) is 16.0. The topological polar surface area (TPSA) is 65.1 Å². The maximum absolute atomic E-state index is 9.21. The highest BCUT2D eigenvalue weighted by Gasteiger charge is 2.23. The SMILES string of the molecule is COCOC[C@H](Cc1ccc(C)cc1)n1c(=N)n(C(C)c2ccc(C)cc2)c2cccnc21. The highest BCUT2D eigenvalue weighted by atomic mass is 16.7. The summed E-state index contributed by atoms with van der Waals surface area (Å²) in [7, 11) is 1.62. The van der Waals surface area contributed by atoms with Gasteiger partial charge in [-0.1, -0.05) is 59.7 Å². The van der Waals surface area contributed by atoms with Crippen LogP contribution in [-0.4, -0.2) is 34.6 Å². The quantitative estimate of drug-likeness (QED) is 0.293. The predicted molar refractivity (Wildman–Crippen MR) is 130 cm³/mol. The van der Waals surface area contributed by atoms with E-state index in [1.807, 2.05) is 16.7 Å². The first-order valence-electron chi connectivity index (χ1n) is 11.3. The van der Waals surface area contributed by atoms with Crippen molar-refractivity contribution in [3.05, 3.63) is 94.7 Å². The second-order valence-electron chi connectivity index (χ2n) is 8.62. The van der Waals surface area contributed by atoms with Gasteiger partial charge in [-0.2, -0.15) is 0 Å². The Kier molecular flexibility index (Phi) is 7.06. The molecule has 2 atom stereocenters. The third-order valence-electron chi connectivity index (χ3n) is 6.13. The molecule has 1 unspecified atom stereocenters. The number of hydrogen-bond acceptors (Lipinski definition) is 4. The van der Waals surface area contributed by atoms with Crippen molar-refractivity contribution in [3.8, 4) is 0 Å². The monoisotopic (exact) mass is 444 g/mol. The number of ether oxygens (including phenoxy) is 2. The van der Waals surface area contributed by atoms with Crippen LogP contribution in [0.1, 0.15) is 41.3 Å². The number of aryl methyl sites for hydroxylation is 2. The fraction of sp³-hybridized carbons (Fsp3) is 0.333. The van der Waals surface area contributed by atoms with Gasteiger partial charge in [0, 0.05) is 13.3 Å². The molecule has 33 heavy (non-hydrogen) atoms. The van der Waals surface area contributed by atoms with Crippen molar-refractivity contribution < 1.29 is 9.47 Å². The Morgan fingerprint density at radius 2 is 1.61 bits per heavy atom. The van der Waals surface area contributed by atoms with Crippen LogP contribution < -0.4 is 5.62 Å². The number of methoxy groups -OCH3 is 1. The molecule has 0 bridgehead atoms. The molecule has 2 aromatic carbocycles. The largest absolute Gasteiger partial charge is 0.359 e. The number of nitrogens with zero attached hydrogens (tertiary/aromatic N) is 3. The molecule has 1 N–H and O–H groups in total. The molecule has 6 nitrogen and oxygen atoms in total. The summed E-state index contributed by atoms with van der Waals surface area (Å²) in [4.78, 5) is 4.69. The summed E-state index contributed by atoms with van der Waals surface area (Å²) in [5.74, 6) is 0. The number of rotatable bonds is 9. The molecular weight excluding hydrogens is 412 g/mol. The van der Waals surface area contributed by atoms with Crippen LogP contribution in [0.5, 0.6) is 0 Å². The van der Waals surface area contributed by atoms with E-state index in [0.29, 0.717) is 12.2 Å². The van der Waals surface area contributed by atoms with Gasteiger partial charge in [-0.05, 0) is 50.5 Å². The Morgan fingerprint density at radius 3 is 2.27 bits per heavy atom. The van der Waals surface area contributed by atoms with Gasteiger partial charge in [0.1, 0.15) is 6.79 Å². The normalized spacial score (nSPS) is 13.3. The minimum absolute atomic E-state index is 0.00836. The minimum atomic E-state index is -0.0979. The molecule has 0 amide bonds. The van der Waals surface area contributed by atoms with Gasteiger partial charge in [0.25, 0.3) is 0 Å². The van der Waals surface area contributed by atoms with E-state index in [1.165, 1.54) is 16.7 Å². The zero-order valence-electron chi connectivity index (χ0n) is 19.8. The van der Waals surface area contributed by atoms with Crippen molar-refractivity contribution in [2.45, 2.75) is 39.3 Å². The lowest BCUT2D eigenvalue weighted by Crippen LogP contribution is -2.32. The van der Waals surface area contributed by atoms with Gasteiger partial charge in [-0.15, -0.1) is 0 Å². The number of pyridine rings is 1. The standard InChI is InChI=1S/C27H32N4O2/c1-19-7-11-22(12-8-19)16-24(17-33-18-32-4)31-26-25(6-5-15-29-26)30(27(31)28)21(3)23-13-9-20(2)10-14-23/h5-15,21,24,28H,16-18H2,1-4H3/t21?,24-/m0/s1. The van der Waals surface area contributed by atoms with Crippen molar-refractivity contribution in [2.24, 2.45) is 0 Å². The third kappa shape index (κ3) is 4.92. The molecule has 2 heterocycles. The Balaban J connectivity index is 1.81. The van der Waals surface area contributed by atoms with Gasteiger partial charge in [0.15, 0.2) is 5.65 Å². The fourth-order valence-electron chi connectivity index (χ4n) is 4.31. The van der Waals surface area contributed by atoms with Crippen LogP contribution in [0.2, 0.25) is 0 Å². The molecule has 172 valence electrons. The van der Waals surface area contributed by atoms with Crippen LogP contribution in [0.25, 0.3) is 11.2 Å². The molecule has 4 rings (SSSR count). The lowest BCUT2D eigenvalue weighted by molar-refractivity contribution is -0.0416. The highest BCUT2D eigenvalue weighted by Crippen LogP contribution is 2.25. The number of nitrogens with one attached hydrogen (secondary N) is 1. The van der Waals surface area contributed by atoms with Crippen LogP contribution in [-0.2, 0) is 15.9 Å². The maximum atomic E-state index is 9.21. The van der Waals surface area contributed by atoms with Crippen molar-refractivity contribution in [1.29, 1.82) is 5.41 Å². The van der Waals surface area contributed by atoms with Crippen LogP contribution in [0.15, 0.2) is 66.9 Å². The summed E-state index contributed by atoms with van der Waals surface area (Å²) in [5, 5.41) is 9.21. The molecule has 0 saturated carbocycles. The second kappa shape index (κ2) is 10.1. The van der Waals surface area contributed by atoms with Crippen molar-refractivity contribution in [3.63, 3.8) is 0 Å². The average molecular weight is 445 g/mol. The van der Waals surface area contributed by atoms with E-state index >= 15 is 0 Å². The van der Waals surface area contributed by atoms with E-state index < -0.39 is 0 Å². The molecule has 0 aliphatic rings. The summed E-state index contributed by atoms with van der Waals surface area (Å²) in [6.45, 7) is 6.94. The molecular formula is C27H32N4O2. The number of hydrogen-bond donors (Lipinski definition) is 1. The van der Waals surface area contributed by atoms with Crippen LogP contribution >= 0.6 is 0 Å². The lowest BCUT2D eigenvalue weighted by Gasteiger charge is -2.20. The van der Waals surface area contributed by atoms with Crippen molar-refractivity contribution >= 4 is 11.2 Å². The fourth-order valence-corrected chi connectivity index (χ4v) is 4.31. The molecule has 2 aromatic heterocycles. The summed E-state index contributed by atoms with van der Waals surface area (Å²) in [5.41, 5.74) is 6.95. The number of aromatic nitrogens is 3. The maximum Gasteiger partial charge on any atom is 0.205 e. The van der Waals surface area contributed by atoms with Gasteiger partial charge in [0.05, 0.1) is 24.2 Å². The first kappa shape index (κ1) is 23.0. The number of imidazole rings is 1. The van der Waals surface area contributed by atoms with E-state index in [1.54, 1.807) is 13.3 Å². The lowest BCUT2D eigenvalue weighted by atomic mass is 10.0. The summed E-state index contributed by atoms with van der Waals surface area (Å²) in [6, 6.07) is 20.9. The zero-order chi connectivity index (χ0) is 23.4. The predicted octanol–water partition coefficient (Wildman–Crippen LogP) is 4.95. The van der Waals surface area contributed by atoms with E-state index in [2.05, 4.69) is 73.9 Å². The molecule has 4 aromatic rings. The van der Waals surface area contributed by atoms with Gasteiger partial charge in [-0.25, -0.2) is 4.98 Å². The van der Waals surface area contributed by atoms with Crippen molar-refractivity contribution in [1.82, 2.24) is 14.1 Å². The molecule has 0 saturated heterocycles. The number of benzene rings is 2. The van der Waals surface area contributed by atoms with E-state index in [9.17, 15) is 5.41 Å². The molecule has 0 aliphatic carbocycles. The molecule has 0 radical (unpaired) electrons. The highest BCUT2D eigenvalue weighted by molar-refractivity contribution is 5.72. The van der Waals surface area contributed by atoms with Crippen LogP contribution in [0.3, 0.4) is 0 Å². The Bertz CT molecular complexity index is 1260. The molecule has 0 fully saturated rings. The van der Waals surface area contributed by atoms with Crippen LogP contribution in [0, 0.1) is 19.3 Å². The Labute approximate surface area is 194 Å². The smallest absolute Gasteiger partial charge is 0.205 e.